The Bertz CT molecular complexity index is 455. The van der Waals surface area contributed by atoms with E-state index in [2.05, 4.69) is 21.9 Å². The summed E-state index contributed by atoms with van der Waals surface area (Å²) in [6.45, 7) is 4.48. The molecule has 2 N–H and O–H groups in total. The van der Waals surface area contributed by atoms with Crippen molar-refractivity contribution in [2.45, 2.75) is 20.1 Å². The van der Waals surface area contributed by atoms with Gasteiger partial charge in [-0.3, -0.25) is 0 Å². The van der Waals surface area contributed by atoms with E-state index in [1.165, 1.54) is 6.07 Å². The third-order valence-corrected chi connectivity index (χ3v) is 3.38. The molecule has 21 heavy (non-hydrogen) atoms. The number of thioether (sulfide) groups is 1. The van der Waals surface area contributed by atoms with Gasteiger partial charge in [-0.2, -0.15) is 11.8 Å². The van der Waals surface area contributed by atoms with Crippen molar-refractivity contribution >= 4 is 17.7 Å². The van der Waals surface area contributed by atoms with Crippen LogP contribution in [0.1, 0.15) is 18.1 Å². The van der Waals surface area contributed by atoms with E-state index in [0.717, 1.165) is 30.4 Å². The van der Waals surface area contributed by atoms with Crippen molar-refractivity contribution < 1.29 is 9.13 Å². The molecule has 0 heterocycles. The van der Waals surface area contributed by atoms with E-state index in [-0.39, 0.29) is 12.4 Å². The quantitative estimate of drug-likeness (QED) is 0.439. The molecule has 0 fully saturated rings. The zero-order valence-corrected chi connectivity index (χ0v) is 13.7. The van der Waals surface area contributed by atoms with Crippen LogP contribution in [-0.2, 0) is 17.9 Å². The lowest BCUT2D eigenvalue weighted by atomic mass is 10.1. The van der Waals surface area contributed by atoms with Crippen LogP contribution in [0.3, 0.4) is 0 Å². The first-order valence-corrected chi connectivity index (χ1v) is 8.38. The van der Waals surface area contributed by atoms with Crippen LogP contribution in [-0.4, -0.2) is 38.2 Å². The lowest BCUT2D eigenvalue weighted by Gasteiger charge is -2.11. The summed E-state index contributed by atoms with van der Waals surface area (Å²) in [6, 6.07) is 5.02. The van der Waals surface area contributed by atoms with Gasteiger partial charge in [-0.15, -0.1) is 0 Å². The minimum Gasteiger partial charge on any atom is -0.380 e. The van der Waals surface area contributed by atoms with Gasteiger partial charge >= 0.3 is 0 Å². The maximum absolute atomic E-state index is 13.5. The molecule has 1 aromatic rings. The molecule has 0 aliphatic rings. The molecule has 0 aliphatic carbocycles. The Hall–Kier alpha value is -1.27. The van der Waals surface area contributed by atoms with Gasteiger partial charge < -0.3 is 15.4 Å². The first kappa shape index (κ1) is 17.8. The van der Waals surface area contributed by atoms with Gasteiger partial charge in [0.25, 0.3) is 0 Å². The molecule has 0 amide bonds. The minimum absolute atomic E-state index is 0.241. The number of methoxy groups -OCH3 is 1. The van der Waals surface area contributed by atoms with Crippen LogP contribution in [0.5, 0.6) is 0 Å². The molecular weight excluding hydrogens is 289 g/mol. The summed E-state index contributed by atoms with van der Waals surface area (Å²) in [4.78, 5) is 4.51. The topological polar surface area (TPSA) is 45.7 Å². The molecule has 0 aromatic heterocycles. The van der Waals surface area contributed by atoms with E-state index in [4.69, 9.17) is 4.74 Å². The molecular formula is C15H24FN3OS. The number of nitrogens with zero attached hydrogens (tertiary/aromatic N) is 1. The van der Waals surface area contributed by atoms with Gasteiger partial charge in [-0.1, -0.05) is 6.07 Å². The molecule has 0 radical (unpaired) electrons. The molecule has 0 spiro atoms. The standard InChI is InChI=1S/C15H24FN3OS/c1-4-17-15(18-7-8-21-3)19-10-12-5-6-14(16)13(9-12)11-20-2/h5-6,9H,4,7-8,10-11H2,1-3H3,(H2,17,18,19). The smallest absolute Gasteiger partial charge is 0.191 e. The van der Waals surface area contributed by atoms with Crippen LogP contribution in [0.15, 0.2) is 23.2 Å². The molecule has 1 aromatic carbocycles. The summed E-state index contributed by atoms with van der Waals surface area (Å²) in [6.07, 6.45) is 2.07. The summed E-state index contributed by atoms with van der Waals surface area (Å²) >= 11 is 1.78. The molecule has 0 saturated carbocycles. The van der Waals surface area contributed by atoms with Crippen LogP contribution >= 0.6 is 11.8 Å². The Morgan fingerprint density at radius 3 is 2.86 bits per heavy atom. The number of ether oxygens (including phenoxy) is 1. The highest BCUT2D eigenvalue weighted by molar-refractivity contribution is 7.98. The lowest BCUT2D eigenvalue weighted by molar-refractivity contribution is 0.181. The Morgan fingerprint density at radius 2 is 2.19 bits per heavy atom. The van der Waals surface area contributed by atoms with Gasteiger partial charge in [0.05, 0.1) is 13.2 Å². The van der Waals surface area contributed by atoms with Crippen molar-refractivity contribution in [1.29, 1.82) is 0 Å². The molecule has 118 valence electrons. The summed E-state index contributed by atoms with van der Waals surface area (Å²) in [5, 5.41) is 6.46. The second-order valence-corrected chi connectivity index (χ2v) is 5.46. The monoisotopic (exact) mass is 313 g/mol. The van der Waals surface area contributed by atoms with Crippen LogP contribution in [0.4, 0.5) is 4.39 Å². The van der Waals surface area contributed by atoms with Crippen molar-refractivity contribution in [1.82, 2.24) is 10.6 Å². The van der Waals surface area contributed by atoms with Crippen molar-refractivity contribution in [2.75, 3.05) is 32.2 Å². The van der Waals surface area contributed by atoms with E-state index in [9.17, 15) is 4.39 Å². The highest BCUT2D eigenvalue weighted by Gasteiger charge is 2.03. The maximum Gasteiger partial charge on any atom is 0.191 e. The van der Waals surface area contributed by atoms with Crippen molar-refractivity contribution in [3.63, 3.8) is 0 Å². The number of nitrogens with one attached hydrogen (secondary N) is 2. The van der Waals surface area contributed by atoms with Gasteiger partial charge in [0.2, 0.25) is 0 Å². The van der Waals surface area contributed by atoms with E-state index >= 15 is 0 Å². The molecule has 0 saturated heterocycles. The zero-order chi connectivity index (χ0) is 15.5. The third-order valence-electron chi connectivity index (χ3n) is 2.77. The van der Waals surface area contributed by atoms with Crippen molar-refractivity contribution in [3.05, 3.63) is 35.1 Å². The maximum atomic E-state index is 13.5. The normalized spacial score (nSPS) is 11.5. The second-order valence-electron chi connectivity index (χ2n) is 4.47. The molecule has 0 aliphatic heterocycles. The fourth-order valence-electron chi connectivity index (χ4n) is 1.78. The highest BCUT2D eigenvalue weighted by atomic mass is 32.2. The van der Waals surface area contributed by atoms with Gasteiger partial charge in [0.15, 0.2) is 5.96 Å². The van der Waals surface area contributed by atoms with E-state index in [1.54, 1.807) is 31.0 Å². The van der Waals surface area contributed by atoms with E-state index in [0.29, 0.717) is 12.1 Å². The average molecular weight is 313 g/mol. The summed E-state index contributed by atoms with van der Waals surface area (Å²) < 4.78 is 18.5. The number of rotatable bonds is 8. The number of benzene rings is 1. The van der Waals surface area contributed by atoms with Crippen LogP contribution in [0.25, 0.3) is 0 Å². The number of guanidine groups is 1. The number of aliphatic imine (C=N–C) groups is 1. The fourth-order valence-corrected chi connectivity index (χ4v) is 2.08. The average Bonchev–Trinajstić information content (AvgIpc) is 2.48. The second kappa shape index (κ2) is 10.5. The Balaban J connectivity index is 2.67. The predicted molar refractivity (Wildman–Crippen MR) is 88.3 cm³/mol. The predicted octanol–water partition coefficient (Wildman–Crippen LogP) is 2.39. The van der Waals surface area contributed by atoms with Crippen LogP contribution in [0, 0.1) is 5.82 Å². The van der Waals surface area contributed by atoms with Gasteiger partial charge in [-0.25, -0.2) is 9.38 Å². The Morgan fingerprint density at radius 1 is 1.38 bits per heavy atom. The SMILES string of the molecule is CCNC(=NCc1ccc(F)c(COC)c1)NCCSC. The molecule has 1 rings (SSSR count). The molecule has 0 unspecified atom stereocenters. The number of hydrogen-bond donors (Lipinski definition) is 2. The van der Waals surface area contributed by atoms with Crippen molar-refractivity contribution in [2.24, 2.45) is 4.99 Å². The lowest BCUT2D eigenvalue weighted by Crippen LogP contribution is -2.38. The molecule has 0 atom stereocenters. The summed E-state index contributed by atoms with van der Waals surface area (Å²) in [5.41, 5.74) is 1.52. The largest absolute Gasteiger partial charge is 0.380 e. The molecule has 0 bridgehead atoms. The summed E-state index contributed by atoms with van der Waals surface area (Å²) in [5.74, 6) is 1.57. The van der Waals surface area contributed by atoms with Gasteiger partial charge in [0, 0.05) is 31.5 Å². The zero-order valence-electron chi connectivity index (χ0n) is 12.9. The first-order chi connectivity index (χ1) is 10.2. The van der Waals surface area contributed by atoms with Gasteiger partial charge in [0.1, 0.15) is 5.82 Å². The van der Waals surface area contributed by atoms with Crippen molar-refractivity contribution in [3.8, 4) is 0 Å². The Labute approximate surface area is 130 Å². The summed E-state index contributed by atoms with van der Waals surface area (Å²) in [7, 11) is 1.56. The van der Waals surface area contributed by atoms with Crippen LogP contribution in [0.2, 0.25) is 0 Å². The van der Waals surface area contributed by atoms with Gasteiger partial charge in [-0.05, 0) is 30.9 Å². The molecule has 4 nitrogen and oxygen atoms in total. The number of hydrogen-bond acceptors (Lipinski definition) is 3. The fraction of sp³-hybridized carbons (Fsp3) is 0.533. The first-order valence-electron chi connectivity index (χ1n) is 6.98. The van der Waals surface area contributed by atoms with E-state index < -0.39 is 0 Å². The minimum atomic E-state index is -0.241. The third kappa shape index (κ3) is 6.82. The van der Waals surface area contributed by atoms with Crippen LogP contribution < -0.4 is 10.6 Å². The number of halogens is 1. The highest BCUT2D eigenvalue weighted by Crippen LogP contribution is 2.12. The van der Waals surface area contributed by atoms with E-state index in [1.807, 2.05) is 6.92 Å². The Kier molecular flexibility index (Phi) is 8.85. The molecule has 6 heteroatoms.